The van der Waals surface area contributed by atoms with E-state index in [1.54, 1.807) is 18.3 Å². The fourth-order valence-electron chi connectivity index (χ4n) is 2.10. The van der Waals surface area contributed by atoms with Gasteiger partial charge in [-0.1, -0.05) is 54.0 Å². The number of nitrogens with zero attached hydrogens (tertiary/aromatic N) is 1. The third-order valence-corrected chi connectivity index (χ3v) is 4.44. The molecule has 0 radical (unpaired) electrons. The van der Waals surface area contributed by atoms with Gasteiger partial charge in [-0.25, -0.2) is 4.98 Å². The number of rotatable bonds is 4. The maximum Gasteiger partial charge on any atom is 0.145 e. The molecule has 5 heteroatoms. The highest BCUT2D eigenvalue weighted by Crippen LogP contribution is 2.38. The summed E-state index contributed by atoms with van der Waals surface area (Å²) in [6.07, 6.45) is 2.50. The number of pyridine rings is 1. The van der Waals surface area contributed by atoms with Crippen LogP contribution in [0.4, 0.5) is 5.82 Å². The molecule has 0 aliphatic rings. The first-order valence-corrected chi connectivity index (χ1v) is 7.24. The maximum absolute atomic E-state index is 11.7. The molecule has 1 aromatic heterocycles. The Labute approximate surface area is 143 Å². The minimum Gasteiger partial charge on any atom is -0.384 e. The van der Waals surface area contributed by atoms with E-state index in [2.05, 4.69) is 40.8 Å². The van der Waals surface area contributed by atoms with E-state index in [9.17, 15) is 4.79 Å². The molecule has 0 saturated heterocycles. The van der Waals surface area contributed by atoms with Crippen molar-refractivity contribution in [2.24, 2.45) is 0 Å². The van der Waals surface area contributed by atoms with Gasteiger partial charge in [0.15, 0.2) is 0 Å². The van der Waals surface area contributed by atoms with E-state index in [1.165, 1.54) is 5.56 Å². The molecule has 3 nitrogen and oxygen atoms in total. The Bertz CT molecular complexity index is 631. The van der Waals surface area contributed by atoms with Crippen molar-refractivity contribution in [1.29, 1.82) is 0 Å². The molecule has 2 aromatic rings. The average Bonchev–Trinajstić information content (AvgIpc) is 2.46. The first-order chi connectivity index (χ1) is 9.47. The van der Waals surface area contributed by atoms with Crippen molar-refractivity contribution in [3.63, 3.8) is 0 Å². The van der Waals surface area contributed by atoms with Crippen LogP contribution in [0.25, 0.3) is 0 Å². The van der Waals surface area contributed by atoms with E-state index in [1.807, 2.05) is 18.2 Å². The average molecular weight is 414 g/mol. The lowest BCUT2D eigenvalue weighted by molar-refractivity contribution is -0.109. The number of alkyl halides is 1. The minimum atomic E-state index is -0.894. The Kier molecular flexibility index (Phi) is 6.10. The van der Waals surface area contributed by atoms with Gasteiger partial charge in [0.1, 0.15) is 16.4 Å². The summed E-state index contributed by atoms with van der Waals surface area (Å²) >= 11 is 3.57. The minimum absolute atomic E-state index is 0. The number of nitrogen functional groups attached to an aromatic ring is 1. The van der Waals surface area contributed by atoms with Gasteiger partial charge >= 0.3 is 0 Å². The van der Waals surface area contributed by atoms with Gasteiger partial charge in [0.2, 0.25) is 0 Å². The predicted octanol–water partition coefficient (Wildman–Crippen LogP) is 4.20. The molecule has 112 valence electrons. The van der Waals surface area contributed by atoms with Crippen molar-refractivity contribution in [2.45, 2.75) is 24.1 Å². The largest absolute Gasteiger partial charge is 0.384 e. The summed E-state index contributed by atoms with van der Waals surface area (Å²) in [5.41, 5.74) is 8.58. The summed E-state index contributed by atoms with van der Waals surface area (Å²) in [7, 11) is 0. The number of halogens is 2. The molecule has 0 spiro atoms. The van der Waals surface area contributed by atoms with Crippen molar-refractivity contribution in [2.75, 3.05) is 5.73 Å². The van der Waals surface area contributed by atoms with E-state index in [0.29, 0.717) is 11.7 Å². The summed E-state index contributed by atoms with van der Waals surface area (Å²) in [5, 5.41) is 0. The van der Waals surface area contributed by atoms with Crippen LogP contribution in [-0.4, -0.2) is 11.3 Å². The normalized spacial score (nSPS) is 13.3. The molecular formula is C16H18Br2N2O. The maximum atomic E-state index is 11.7. The van der Waals surface area contributed by atoms with Crippen molar-refractivity contribution < 1.29 is 4.79 Å². The highest BCUT2D eigenvalue weighted by molar-refractivity contribution is 9.10. The highest BCUT2D eigenvalue weighted by Gasteiger charge is 2.31. The lowest BCUT2D eigenvalue weighted by atomic mass is 9.90. The second kappa shape index (κ2) is 7.18. The van der Waals surface area contributed by atoms with E-state index in [4.69, 9.17) is 5.73 Å². The van der Waals surface area contributed by atoms with Crippen LogP contribution in [0, 0.1) is 0 Å². The first kappa shape index (κ1) is 17.9. The molecule has 0 fully saturated rings. The standard InChI is InChI=1S/C16H17BrN2O.BrH/c1-11(2)12-4-3-5-13(8-12)16(17,10-20)14-6-7-19-15(18)9-14;/h3-11H,1-2H3,(H2,18,19);1H. The molecule has 0 amide bonds. The fraction of sp³-hybridized carbons (Fsp3) is 0.250. The van der Waals surface area contributed by atoms with Crippen molar-refractivity contribution in [1.82, 2.24) is 4.98 Å². The van der Waals surface area contributed by atoms with Gasteiger partial charge in [-0.05, 0) is 34.7 Å². The van der Waals surface area contributed by atoms with Gasteiger partial charge < -0.3 is 10.5 Å². The molecule has 1 unspecified atom stereocenters. The molecule has 0 saturated carbocycles. The van der Waals surface area contributed by atoms with Gasteiger partial charge in [-0.3, -0.25) is 0 Å². The number of carbonyl (C=O) groups is 1. The second-order valence-electron chi connectivity index (χ2n) is 5.08. The van der Waals surface area contributed by atoms with Crippen LogP contribution in [0.1, 0.15) is 36.5 Å². The summed E-state index contributed by atoms with van der Waals surface area (Å²) in [5.74, 6) is 0.800. The molecule has 1 atom stereocenters. The van der Waals surface area contributed by atoms with Gasteiger partial charge in [-0.2, -0.15) is 0 Å². The topological polar surface area (TPSA) is 56.0 Å². The number of carbonyl (C=O) groups excluding carboxylic acids is 1. The van der Waals surface area contributed by atoms with Crippen LogP contribution < -0.4 is 5.73 Å². The highest BCUT2D eigenvalue weighted by atomic mass is 79.9. The van der Waals surface area contributed by atoms with Crippen molar-refractivity contribution in [3.05, 3.63) is 59.3 Å². The number of nitrogens with two attached hydrogens (primary N) is 1. The molecule has 0 aliphatic carbocycles. The Hall–Kier alpha value is -1.20. The number of aldehydes is 1. The number of hydrogen-bond donors (Lipinski definition) is 1. The Balaban J connectivity index is 0.00000220. The second-order valence-corrected chi connectivity index (χ2v) is 6.33. The monoisotopic (exact) mass is 412 g/mol. The number of anilines is 1. The van der Waals surface area contributed by atoms with Gasteiger partial charge in [0, 0.05) is 6.20 Å². The molecule has 1 heterocycles. The lowest BCUT2D eigenvalue weighted by Gasteiger charge is -2.23. The third kappa shape index (κ3) is 3.71. The molecular weight excluding hydrogens is 396 g/mol. The molecule has 1 aromatic carbocycles. The van der Waals surface area contributed by atoms with E-state index in [0.717, 1.165) is 17.4 Å². The number of benzene rings is 1. The van der Waals surface area contributed by atoms with Crippen LogP contribution in [0.15, 0.2) is 42.6 Å². The van der Waals surface area contributed by atoms with E-state index >= 15 is 0 Å². The number of hydrogen-bond acceptors (Lipinski definition) is 3. The van der Waals surface area contributed by atoms with Gasteiger partial charge in [0.25, 0.3) is 0 Å². The Morgan fingerprint density at radius 2 is 1.90 bits per heavy atom. The van der Waals surface area contributed by atoms with Crippen LogP contribution in [0.2, 0.25) is 0 Å². The van der Waals surface area contributed by atoms with E-state index < -0.39 is 4.32 Å². The molecule has 0 aliphatic heterocycles. The van der Waals surface area contributed by atoms with Crippen LogP contribution in [0.5, 0.6) is 0 Å². The fourth-order valence-corrected chi connectivity index (χ4v) is 2.59. The molecule has 0 bridgehead atoms. The zero-order chi connectivity index (χ0) is 14.8. The zero-order valence-electron chi connectivity index (χ0n) is 11.9. The Morgan fingerprint density at radius 1 is 1.24 bits per heavy atom. The quantitative estimate of drug-likeness (QED) is 0.603. The third-order valence-electron chi connectivity index (χ3n) is 3.34. The summed E-state index contributed by atoms with van der Waals surface area (Å²) in [6.45, 7) is 4.25. The molecule has 2 N–H and O–H groups in total. The van der Waals surface area contributed by atoms with Crippen molar-refractivity contribution in [3.8, 4) is 0 Å². The SMILES string of the molecule is Br.CC(C)c1cccc(C(Br)(C=O)c2ccnc(N)c2)c1. The smallest absolute Gasteiger partial charge is 0.145 e. The van der Waals surface area contributed by atoms with Crippen LogP contribution in [0.3, 0.4) is 0 Å². The molecule has 2 rings (SSSR count). The Morgan fingerprint density at radius 3 is 2.48 bits per heavy atom. The van der Waals surface area contributed by atoms with Crippen LogP contribution in [-0.2, 0) is 9.12 Å². The summed E-state index contributed by atoms with van der Waals surface area (Å²) < 4.78 is -0.894. The number of aromatic nitrogens is 1. The lowest BCUT2D eigenvalue weighted by Crippen LogP contribution is -2.22. The molecule has 21 heavy (non-hydrogen) atoms. The van der Waals surface area contributed by atoms with Crippen LogP contribution >= 0.6 is 32.9 Å². The first-order valence-electron chi connectivity index (χ1n) is 6.45. The zero-order valence-corrected chi connectivity index (χ0v) is 15.2. The van der Waals surface area contributed by atoms with Crippen molar-refractivity contribution >= 4 is 45.0 Å². The van der Waals surface area contributed by atoms with E-state index in [-0.39, 0.29) is 17.0 Å². The van der Waals surface area contributed by atoms with Gasteiger partial charge in [0.05, 0.1) is 0 Å². The van der Waals surface area contributed by atoms with Gasteiger partial charge in [-0.15, -0.1) is 17.0 Å². The summed E-state index contributed by atoms with van der Waals surface area (Å²) in [6, 6.07) is 11.5. The summed E-state index contributed by atoms with van der Waals surface area (Å²) in [4.78, 5) is 15.7. The predicted molar refractivity (Wildman–Crippen MR) is 95.3 cm³/mol.